The first-order chi connectivity index (χ1) is 18.0. The highest BCUT2D eigenvalue weighted by Gasteiger charge is 2.25. The maximum Gasteiger partial charge on any atom is 0.306 e. The van der Waals surface area contributed by atoms with Crippen LogP contribution in [0.15, 0.2) is 12.1 Å². The van der Waals surface area contributed by atoms with Gasteiger partial charge in [-0.2, -0.15) is 0 Å². The lowest BCUT2D eigenvalue weighted by atomic mass is 9.78. The molecule has 1 aromatic carbocycles. The van der Waals surface area contributed by atoms with Crippen LogP contribution in [0, 0.1) is 0 Å². The highest BCUT2D eigenvalue weighted by molar-refractivity contribution is 5.70. The third-order valence-electron chi connectivity index (χ3n) is 7.70. The molecule has 0 atom stereocenters. The number of ether oxygens (including phenoxy) is 1. The number of unbranched alkanes of at least 4 members (excludes halogenated alkanes) is 15. The summed E-state index contributed by atoms with van der Waals surface area (Å²) in [5, 5.41) is 10.6. The van der Waals surface area contributed by atoms with Gasteiger partial charge >= 0.3 is 5.97 Å². The van der Waals surface area contributed by atoms with Gasteiger partial charge in [0.25, 0.3) is 0 Å². The molecule has 38 heavy (non-hydrogen) atoms. The Bertz CT molecular complexity index is 767. The van der Waals surface area contributed by atoms with Gasteiger partial charge in [0.2, 0.25) is 0 Å². The van der Waals surface area contributed by atoms with Gasteiger partial charge in [-0.1, -0.05) is 151 Å². The third kappa shape index (κ3) is 15.2. The monoisotopic (exact) mass is 530 g/mol. The van der Waals surface area contributed by atoms with Crippen molar-refractivity contribution in [1.82, 2.24) is 0 Å². The number of aryl methyl sites for hydroxylation is 1. The Morgan fingerprint density at radius 2 is 1.08 bits per heavy atom. The lowest BCUT2D eigenvalue weighted by molar-refractivity contribution is -0.143. The lowest BCUT2D eigenvalue weighted by Gasteiger charge is -2.28. The molecule has 0 bridgehead atoms. The second kappa shape index (κ2) is 18.7. The number of benzene rings is 1. The van der Waals surface area contributed by atoms with Crippen LogP contribution in [0.5, 0.6) is 5.75 Å². The molecule has 0 aliphatic rings. The maximum absolute atomic E-state index is 12.4. The van der Waals surface area contributed by atoms with Gasteiger partial charge in [0.05, 0.1) is 6.61 Å². The van der Waals surface area contributed by atoms with Crippen molar-refractivity contribution >= 4 is 5.97 Å². The summed E-state index contributed by atoms with van der Waals surface area (Å²) >= 11 is 0. The van der Waals surface area contributed by atoms with Crippen molar-refractivity contribution in [3.63, 3.8) is 0 Å². The van der Waals surface area contributed by atoms with Crippen LogP contribution in [0.4, 0.5) is 0 Å². The molecule has 0 saturated carbocycles. The lowest BCUT2D eigenvalue weighted by Crippen LogP contribution is -2.18. The summed E-state index contributed by atoms with van der Waals surface area (Å²) in [5.74, 6) is 0.230. The Morgan fingerprint density at radius 3 is 1.50 bits per heavy atom. The maximum atomic E-state index is 12.4. The minimum atomic E-state index is -0.150. The van der Waals surface area contributed by atoms with Crippen molar-refractivity contribution in [3.8, 4) is 5.75 Å². The molecule has 0 aliphatic carbocycles. The summed E-state index contributed by atoms with van der Waals surface area (Å²) in [6.45, 7) is 15.6. The second-order valence-corrected chi connectivity index (χ2v) is 13.6. The summed E-state index contributed by atoms with van der Waals surface area (Å²) in [6, 6.07) is 4.00. The first-order valence-corrected chi connectivity index (χ1v) is 16.0. The summed E-state index contributed by atoms with van der Waals surface area (Å²) in [4.78, 5) is 12.4. The van der Waals surface area contributed by atoms with E-state index in [0.29, 0.717) is 25.2 Å². The van der Waals surface area contributed by atoms with E-state index in [0.717, 1.165) is 29.5 Å². The van der Waals surface area contributed by atoms with Gasteiger partial charge in [-0.25, -0.2) is 0 Å². The number of hydrogen-bond donors (Lipinski definition) is 1. The molecule has 0 spiro atoms. The molecule has 0 fully saturated rings. The number of carbonyl (C=O) groups excluding carboxylic acids is 1. The molecule has 1 aromatic rings. The number of phenolic OH excluding ortho intramolecular Hbond substituents is 1. The van der Waals surface area contributed by atoms with Crippen LogP contribution in [0.3, 0.4) is 0 Å². The average molecular weight is 531 g/mol. The smallest absolute Gasteiger partial charge is 0.306 e. The largest absolute Gasteiger partial charge is 0.508 e. The van der Waals surface area contributed by atoms with E-state index in [2.05, 4.69) is 54.5 Å². The number of phenols is 1. The van der Waals surface area contributed by atoms with Crippen molar-refractivity contribution in [3.05, 3.63) is 28.8 Å². The number of rotatable bonds is 20. The Hall–Kier alpha value is -1.51. The van der Waals surface area contributed by atoms with Gasteiger partial charge in [0, 0.05) is 6.42 Å². The second-order valence-electron chi connectivity index (χ2n) is 13.6. The van der Waals surface area contributed by atoms with Gasteiger partial charge in [-0.3, -0.25) is 4.79 Å². The van der Waals surface area contributed by atoms with Gasteiger partial charge in [0.1, 0.15) is 5.75 Å². The van der Waals surface area contributed by atoms with Crippen molar-refractivity contribution in [2.45, 2.75) is 175 Å². The topological polar surface area (TPSA) is 46.5 Å². The SMILES string of the molecule is CCCCCCCCCCCCCCCCCCOC(=O)CCc1cc(C(C)(C)C)c(O)cc1C(C)(C)C. The van der Waals surface area contributed by atoms with Crippen LogP contribution < -0.4 is 0 Å². The van der Waals surface area contributed by atoms with E-state index in [1.165, 1.54) is 89.9 Å². The molecule has 1 rings (SSSR count). The number of carbonyl (C=O) groups is 1. The van der Waals surface area contributed by atoms with Crippen LogP contribution in [0.2, 0.25) is 0 Å². The fourth-order valence-electron chi connectivity index (χ4n) is 5.28. The van der Waals surface area contributed by atoms with Gasteiger partial charge in [-0.15, -0.1) is 0 Å². The summed E-state index contributed by atoms with van der Waals surface area (Å²) in [6.07, 6.45) is 22.5. The Morgan fingerprint density at radius 1 is 0.658 bits per heavy atom. The van der Waals surface area contributed by atoms with E-state index in [4.69, 9.17) is 4.74 Å². The molecule has 3 heteroatoms. The fourth-order valence-corrected chi connectivity index (χ4v) is 5.28. The van der Waals surface area contributed by atoms with Crippen LogP contribution in [0.25, 0.3) is 0 Å². The molecule has 220 valence electrons. The molecule has 0 unspecified atom stereocenters. The highest BCUT2D eigenvalue weighted by Crippen LogP contribution is 2.37. The first kappa shape index (κ1) is 34.5. The van der Waals surface area contributed by atoms with Crippen molar-refractivity contribution in [1.29, 1.82) is 0 Å². The zero-order valence-electron chi connectivity index (χ0n) is 26.4. The van der Waals surface area contributed by atoms with E-state index >= 15 is 0 Å². The summed E-state index contributed by atoms with van der Waals surface area (Å²) in [5.41, 5.74) is 2.93. The number of aromatic hydroxyl groups is 1. The molecule has 0 saturated heterocycles. The molecule has 1 N–H and O–H groups in total. The quantitative estimate of drug-likeness (QED) is 0.135. The fraction of sp³-hybridized carbons (Fsp3) is 0.800. The van der Waals surface area contributed by atoms with E-state index < -0.39 is 0 Å². The molecule has 3 nitrogen and oxygen atoms in total. The molecule has 0 radical (unpaired) electrons. The minimum absolute atomic E-state index is 0.0965. The Balaban J connectivity index is 2.15. The molecule has 0 amide bonds. The Labute approximate surface area is 236 Å². The molecular formula is C35H62O3. The molecule has 0 heterocycles. The Kier molecular flexibility index (Phi) is 17.0. The minimum Gasteiger partial charge on any atom is -0.508 e. The van der Waals surface area contributed by atoms with Crippen LogP contribution >= 0.6 is 0 Å². The van der Waals surface area contributed by atoms with Gasteiger partial charge in [-0.05, 0) is 46.4 Å². The predicted molar refractivity (Wildman–Crippen MR) is 164 cm³/mol. The number of esters is 1. The predicted octanol–water partition coefficient (Wildman–Crippen LogP) is 10.7. The van der Waals surface area contributed by atoms with Crippen LogP contribution in [-0.4, -0.2) is 17.7 Å². The standard InChI is InChI=1S/C35H62O3/c1-8-9-10-11-12-13-14-15-16-17-18-19-20-21-22-23-26-38-33(37)25-24-29-27-31(35(5,6)7)32(36)28-30(29)34(2,3)4/h27-28,36H,8-26H2,1-7H3. The van der Waals surface area contributed by atoms with Gasteiger partial charge < -0.3 is 9.84 Å². The first-order valence-electron chi connectivity index (χ1n) is 16.0. The van der Waals surface area contributed by atoms with E-state index in [-0.39, 0.29) is 16.8 Å². The zero-order chi connectivity index (χ0) is 28.4. The molecular weight excluding hydrogens is 468 g/mol. The molecule has 0 aliphatic heterocycles. The van der Waals surface area contributed by atoms with E-state index in [1.54, 1.807) is 0 Å². The highest BCUT2D eigenvalue weighted by atomic mass is 16.5. The normalized spacial score (nSPS) is 12.2. The molecule has 0 aromatic heterocycles. The van der Waals surface area contributed by atoms with E-state index in [9.17, 15) is 9.90 Å². The van der Waals surface area contributed by atoms with Crippen LogP contribution in [-0.2, 0) is 26.8 Å². The van der Waals surface area contributed by atoms with Crippen LogP contribution in [0.1, 0.15) is 174 Å². The zero-order valence-corrected chi connectivity index (χ0v) is 26.4. The average Bonchev–Trinajstić information content (AvgIpc) is 2.83. The van der Waals surface area contributed by atoms with Crippen molar-refractivity contribution in [2.75, 3.05) is 6.61 Å². The van der Waals surface area contributed by atoms with E-state index in [1.807, 2.05) is 6.07 Å². The van der Waals surface area contributed by atoms with Gasteiger partial charge in [0.15, 0.2) is 0 Å². The summed E-state index contributed by atoms with van der Waals surface area (Å²) in [7, 11) is 0. The van der Waals surface area contributed by atoms with Crippen molar-refractivity contribution < 1.29 is 14.6 Å². The summed E-state index contributed by atoms with van der Waals surface area (Å²) < 4.78 is 5.54. The van der Waals surface area contributed by atoms with Crippen molar-refractivity contribution in [2.24, 2.45) is 0 Å². The number of hydrogen-bond acceptors (Lipinski definition) is 3. The third-order valence-corrected chi connectivity index (χ3v) is 7.70.